The third-order valence-electron chi connectivity index (χ3n) is 2.40. The van der Waals surface area contributed by atoms with Crippen molar-refractivity contribution in [3.05, 3.63) is 34.1 Å². The summed E-state index contributed by atoms with van der Waals surface area (Å²) < 4.78 is 13.5. The van der Waals surface area contributed by atoms with Crippen LogP contribution in [-0.2, 0) is 6.42 Å². The van der Waals surface area contributed by atoms with Crippen molar-refractivity contribution in [1.29, 1.82) is 0 Å². The van der Waals surface area contributed by atoms with Crippen LogP contribution in [0.1, 0.15) is 25.8 Å². The standard InChI is InChI=1S/C12H17BrFN/c1-3-15-9(2)4-5-10-6-7-12(14)11(13)8-10/h6-9,15H,3-5H2,1-2H3. The molecule has 0 aliphatic carbocycles. The molecule has 3 heteroatoms. The van der Waals surface area contributed by atoms with Gasteiger partial charge in [0, 0.05) is 6.04 Å². The van der Waals surface area contributed by atoms with E-state index in [0.29, 0.717) is 10.5 Å². The molecule has 0 heterocycles. The van der Waals surface area contributed by atoms with Gasteiger partial charge in [-0.15, -0.1) is 0 Å². The summed E-state index contributed by atoms with van der Waals surface area (Å²) in [5.74, 6) is -0.196. The highest BCUT2D eigenvalue weighted by Gasteiger charge is 2.03. The Labute approximate surface area is 99.2 Å². The average Bonchev–Trinajstić information content (AvgIpc) is 2.20. The van der Waals surface area contributed by atoms with Crippen LogP contribution in [0.3, 0.4) is 0 Å². The maximum Gasteiger partial charge on any atom is 0.137 e. The van der Waals surface area contributed by atoms with Gasteiger partial charge in [0.15, 0.2) is 0 Å². The first-order valence-corrected chi connectivity index (χ1v) is 6.10. The molecule has 1 aromatic carbocycles. The second kappa shape index (κ2) is 6.23. The Kier molecular flexibility index (Phi) is 5.26. The molecule has 0 radical (unpaired) electrons. The Morgan fingerprint density at radius 1 is 1.47 bits per heavy atom. The molecular formula is C12H17BrFN. The number of hydrogen-bond acceptors (Lipinski definition) is 1. The number of benzene rings is 1. The van der Waals surface area contributed by atoms with Crippen LogP contribution in [0.15, 0.2) is 22.7 Å². The van der Waals surface area contributed by atoms with Gasteiger partial charge in [0.25, 0.3) is 0 Å². The Balaban J connectivity index is 2.47. The second-order valence-electron chi connectivity index (χ2n) is 3.75. The molecule has 1 N–H and O–H groups in total. The molecule has 0 aliphatic heterocycles. The zero-order chi connectivity index (χ0) is 11.3. The van der Waals surface area contributed by atoms with Gasteiger partial charge in [0.2, 0.25) is 0 Å². The van der Waals surface area contributed by atoms with Crippen LogP contribution in [0.2, 0.25) is 0 Å². The van der Waals surface area contributed by atoms with E-state index in [4.69, 9.17) is 0 Å². The molecule has 1 unspecified atom stereocenters. The predicted molar refractivity (Wildman–Crippen MR) is 65.6 cm³/mol. The van der Waals surface area contributed by atoms with E-state index in [0.717, 1.165) is 19.4 Å². The normalized spacial score (nSPS) is 12.8. The van der Waals surface area contributed by atoms with Crippen molar-refractivity contribution in [2.75, 3.05) is 6.54 Å². The zero-order valence-electron chi connectivity index (χ0n) is 9.19. The summed E-state index contributed by atoms with van der Waals surface area (Å²) in [5.41, 5.74) is 1.17. The van der Waals surface area contributed by atoms with E-state index in [9.17, 15) is 4.39 Å². The van der Waals surface area contributed by atoms with Crippen molar-refractivity contribution < 1.29 is 4.39 Å². The zero-order valence-corrected chi connectivity index (χ0v) is 10.8. The van der Waals surface area contributed by atoms with E-state index in [-0.39, 0.29) is 5.82 Å². The molecule has 0 aromatic heterocycles. The largest absolute Gasteiger partial charge is 0.315 e. The minimum atomic E-state index is -0.196. The lowest BCUT2D eigenvalue weighted by atomic mass is 10.1. The van der Waals surface area contributed by atoms with Crippen LogP contribution in [-0.4, -0.2) is 12.6 Å². The summed E-state index contributed by atoms with van der Waals surface area (Å²) in [4.78, 5) is 0. The highest BCUT2D eigenvalue weighted by Crippen LogP contribution is 2.18. The third-order valence-corrected chi connectivity index (χ3v) is 3.01. The van der Waals surface area contributed by atoms with Crippen LogP contribution in [0.5, 0.6) is 0 Å². The summed E-state index contributed by atoms with van der Waals surface area (Å²) in [7, 11) is 0. The Morgan fingerprint density at radius 2 is 2.20 bits per heavy atom. The van der Waals surface area contributed by atoms with Gasteiger partial charge in [-0.05, 0) is 59.9 Å². The maximum atomic E-state index is 13.0. The Hall–Kier alpha value is -0.410. The first-order chi connectivity index (χ1) is 7.13. The molecule has 1 rings (SSSR count). The highest BCUT2D eigenvalue weighted by atomic mass is 79.9. The van der Waals surface area contributed by atoms with Crippen molar-refractivity contribution in [2.45, 2.75) is 32.7 Å². The van der Waals surface area contributed by atoms with Crippen LogP contribution in [0, 0.1) is 5.82 Å². The quantitative estimate of drug-likeness (QED) is 0.866. The number of rotatable bonds is 5. The van der Waals surface area contributed by atoms with E-state index < -0.39 is 0 Å². The van der Waals surface area contributed by atoms with Gasteiger partial charge < -0.3 is 5.32 Å². The monoisotopic (exact) mass is 273 g/mol. The average molecular weight is 274 g/mol. The van der Waals surface area contributed by atoms with Gasteiger partial charge in [-0.1, -0.05) is 13.0 Å². The Bertz CT molecular complexity index is 314. The van der Waals surface area contributed by atoms with E-state index in [1.807, 2.05) is 12.1 Å². The summed E-state index contributed by atoms with van der Waals surface area (Å²) in [6, 6.07) is 5.73. The minimum Gasteiger partial charge on any atom is -0.315 e. The van der Waals surface area contributed by atoms with Gasteiger partial charge in [-0.25, -0.2) is 4.39 Å². The molecule has 0 saturated carbocycles. The topological polar surface area (TPSA) is 12.0 Å². The molecule has 1 atom stereocenters. The number of hydrogen-bond donors (Lipinski definition) is 1. The Morgan fingerprint density at radius 3 is 2.80 bits per heavy atom. The molecule has 84 valence electrons. The predicted octanol–water partition coefficient (Wildman–Crippen LogP) is 3.52. The van der Waals surface area contributed by atoms with Gasteiger partial charge in [0.05, 0.1) is 4.47 Å². The first-order valence-electron chi connectivity index (χ1n) is 5.30. The van der Waals surface area contributed by atoms with E-state index in [2.05, 4.69) is 35.1 Å². The molecule has 1 nitrogen and oxygen atoms in total. The number of aryl methyl sites for hydroxylation is 1. The molecule has 0 aliphatic rings. The van der Waals surface area contributed by atoms with Crippen LogP contribution >= 0.6 is 15.9 Å². The van der Waals surface area contributed by atoms with Gasteiger partial charge in [-0.3, -0.25) is 0 Å². The third kappa shape index (κ3) is 4.31. The van der Waals surface area contributed by atoms with Crippen LogP contribution in [0.4, 0.5) is 4.39 Å². The van der Waals surface area contributed by atoms with E-state index >= 15 is 0 Å². The van der Waals surface area contributed by atoms with E-state index in [1.165, 1.54) is 11.6 Å². The number of nitrogens with one attached hydrogen (secondary N) is 1. The smallest absolute Gasteiger partial charge is 0.137 e. The van der Waals surface area contributed by atoms with Crippen molar-refractivity contribution in [3.63, 3.8) is 0 Å². The summed E-state index contributed by atoms with van der Waals surface area (Å²) in [6.07, 6.45) is 2.05. The van der Waals surface area contributed by atoms with E-state index in [1.54, 1.807) is 0 Å². The van der Waals surface area contributed by atoms with Gasteiger partial charge in [-0.2, -0.15) is 0 Å². The molecule has 0 amide bonds. The van der Waals surface area contributed by atoms with Crippen molar-refractivity contribution >= 4 is 15.9 Å². The maximum absolute atomic E-state index is 13.0. The van der Waals surface area contributed by atoms with Crippen molar-refractivity contribution in [2.24, 2.45) is 0 Å². The molecule has 1 aromatic rings. The highest BCUT2D eigenvalue weighted by molar-refractivity contribution is 9.10. The molecule has 0 spiro atoms. The van der Waals surface area contributed by atoms with Gasteiger partial charge in [0.1, 0.15) is 5.82 Å². The van der Waals surface area contributed by atoms with Crippen molar-refractivity contribution in [1.82, 2.24) is 5.32 Å². The van der Waals surface area contributed by atoms with Crippen LogP contribution < -0.4 is 5.32 Å². The lowest BCUT2D eigenvalue weighted by Crippen LogP contribution is -2.25. The lowest BCUT2D eigenvalue weighted by Gasteiger charge is -2.11. The molecular weight excluding hydrogens is 257 g/mol. The van der Waals surface area contributed by atoms with Gasteiger partial charge >= 0.3 is 0 Å². The summed E-state index contributed by atoms with van der Waals surface area (Å²) in [6.45, 7) is 5.27. The molecule has 0 saturated heterocycles. The fourth-order valence-electron chi connectivity index (χ4n) is 1.53. The first kappa shape index (κ1) is 12.7. The van der Waals surface area contributed by atoms with Crippen LogP contribution in [0.25, 0.3) is 0 Å². The van der Waals surface area contributed by atoms with Crippen molar-refractivity contribution in [3.8, 4) is 0 Å². The molecule has 0 bridgehead atoms. The minimum absolute atomic E-state index is 0.196. The summed E-state index contributed by atoms with van der Waals surface area (Å²) >= 11 is 3.19. The second-order valence-corrected chi connectivity index (χ2v) is 4.60. The molecule has 0 fully saturated rings. The lowest BCUT2D eigenvalue weighted by molar-refractivity contribution is 0.530. The number of halogens is 2. The SMILES string of the molecule is CCNC(C)CCc1ccc(F)c(Br)c1. The summed E-state index contributed by atoms with van der Waals surface area (Å²) in [5, 5.41) is 3.36. The fourth-order valence-corrected chi connectivity index (χ4v) is 1.96. The molecule has 15 heavy (non-hydrogen) atoms. The fraction of sp³-hybridized carbons (Fsp3) is 0.500.